The van der Waals surface area contributed by atoms with Gasteiger partial charge in [-0.1, -0.05) is 26.2 Å². The van der Waals surface area contributed by atoms with Crippen molar-refractivity contribution in [2.24, 2.45) is 0 Å². The lowest BCUT2D eigenvalue weighted by Gasteiger charge is -2.00. The number of hydrogen-bond acceptors (Lipinski definition) is 2. The van der Waals surface area contributed by atoms with Crippen molar-refractivity contribution >= 4 is 9.84 Å². The molecule has 0 aliphatic heterocycles. The van der Waals surface area contributed by atoms with Crippen LogP contribution in [0.25, 0.3) is 0 Å². The minimum atomic E-state index is -2.75. The standard InChI is InChI=1S/C9H17O2S/c1-2-3-4-5-8-12(10,11)9-6-7-9/h2-8H2,1H3. The molecule has 71 valence electrons. The van der Waals surface area contributed by atoms with Gasteiger partial charge in [0.1, 0.15) is 0 Å². The Kier molecular flexibility index (Phi) is 3.56. The van der Waals surface area contributed by atoms with E-state index in [-0.39, 0.29) is 0 Å². The van der Waals surface area contributed by atoms with Crippen LogP contribution in [0.5, 0.6) is 0 Å². The minimum absolute atomic E-state index is 0.391. The molecule has 1 rings (SSSR count). The average molecular weight is 189 g/mol. The molecule has 0 atom stereocenters. The molecule has 0 spiro atoms. The van der Waals surface area contributed by atoms with Gasteiger partial charge in [-0.3, -0.25) is 0 Å². The highest BCUT2D eigenvalue weighted by molar-refractivity contribution is 7.94. The number of rotatable bonds is 6. The van der Waals surface area contributed by atoms with E-state index in [1.54, 1.807) is 0 Å². The van der Waals surface area contributed by atoms with Crippen LogP contribution < -0.4 is 0 Å². The topological polar surface area (TPSA) is 34.1 Å². The van der Waals surface area contributed by atoms with Crippen molar-refractivity contribution in [1.29, 1.82) is 0 Å². The first-order valence-corrected chi connectivity index (χ1v) is 6.39. The summed E-state index contributed by atoms with van der Waals surface area (Å²) in [6, 6.07) is 0. The molecule has 1 radical (unpaired) electrons. The van der Waals surface area contributed by atoms with Gasteiger partial charge in [-0.2, -0.15) is 0 Å². The maximum absolute atomic E-state index is 11.3. The van der Waals surface area contributed by atoms with Crippen molar-refractivity contribution in [3.8, 4) is 0 Å². The van der Waals surface area contributed by atoms with Crippen molar-refractivity contribution in [2.45, 2.75) is 45.4 Å². The summed E-state index contributed by atoms with van der Waals surface area (Å²) in [7, 11) is -2.75. The van der Waals surface area contributed by atoms with E-state index in [1.165, 1.54) is 0 Å². The quantitative estimate of drug-likeness (QED) is 0.601. The second-order valence-corrected chi connectivity index (χ2v) is 5.63. The molecule has 0 aromatic carbocycles. The summed E-state index contributed by atoms with van der Waals surface area (Å²) in [6.45, 7) is 2.13. The van der Waals surface area contributed by atoms with E-state index in [0.29, 0.717) is 5.75 Å². The summed E-state index contributed by atoms with van der Waals surface area (Å²) < 4.78 is 22.6. The average Bonchev–Trinajstić information content (AvgIpc) is 2.80. The molecule has 0 saturated heterocycles. The SMILES string of the molecule is CCCCCCS(=O)(=O)[C]1CC1. The van der Waals surface area contributed by atoms with Crippen LogP contribution in [0.2, 0.25) is 0 Å². The van der Waals surface area contributed by atoms with Gasteiger partial charge >= 0.3 is 0 Å². The molecule has 0 aromatic rings. The van der Waals surface area contributed by atoms with Crippen LogP contribution in [-0.2, 0) is 9.84 Å². The van der Waals surface area contributed by atoms with Gasteiger partial charge in [0.2, 0.25) is 0 Å². The minimum Gasteiger partial charge on any atom is -0.228 e. The zero-order valence-electron chi connectivity index (χ0n) is 7.67. The van der Waals surface area contributed by atoms with Crippen LogP contribution in [0.4, 0.5) is 0 Å². The lowest BCUT2D eigenvalue weighted by atomic mass is 10.2. The number of hydrogen-bond donors (Lipinski definition) is 0. The van der Waals surface area contributed by atoms with E-state index in [9.17, 15) is 8.42 Å². The van der Waals surface area contributed by atoms with Gasteiger partial charge < -0.3 is 0 Å². The van der Waals surface area contributed by atoms with Crippen LogP contribution >= 0.6 is 0 Å². The summed E-state index contributed by atoms with van der Waals surface area (Å²) in [4.78, 5) is 0. The fourth-order valence-electron chi connectivity index (χ4n) is 1.23. The Labute approximate surface area is 75.3 Å². The third kappa shape index (κ3) is 3.13. The van der Waals surface area contributed by atoms with Crippen molar-refractivity contribution in [2.75, 3.05) is 5.75 Å². The highest BCUT2D eigenvalue weighted by Crippen LogP contribution is 2.38. The second-order valence-electron chi connectivity index (χ2n) is 3.42. The largest absolute Gasteiger partial charge is 0.228 e. The Balaban J connectivity index is 2.13. The Morgan fingerprint density at radius 3 is 2.33 bits per heavy atom. The van der Waals surface area contributed by atoms with Crippen LogP contribution in [0.3, 0.4) is 0 Å². The van der Waals surface area contributed by atoms with E-state index in [2.05, 4.69) is 6.92 Å². The maximum atomic E-state index is 11.3. The van der Waals surface area contributed by atoms with E-state index in [0.717, 1.165) is 43.8 Å². The van der Waals surface area contributed by atoms with E-state index >= 15 is 0 Å². The zero-order valence-corrected chi connectivity index (χ0v) is 8.49. The first-order valence-electron chi connectivity index (χ1n) is 4.74. The molecule has 0 bridgehead atoms. The van der Waals surface area contributed by atoms with Gasteiger partial charge in [0.15, 0.2) is 9.84 Å². The third-order valence-corrected chi connectivity index (χ3v) is 4.27. The molecule has 1 saturated carbocycles. The van der Waals surface area contributed by atoms with E-state index < -0.39 is 9.84 Å². The van der Waals surface area contributed by atoms with Gasteiger partial charge in [0.25, 0.3) is 0 Å². The van der Waals surface area contributed by atoms with Gasteiger partial charge in [0, 0.05) is 0 Å². The number of unbranched alkanes of at least 4 members (excludes halogenated alkanes) is 3. The van der Waals surface area contributed by atoms with Crippen LogP contribution in [0.15, 0.2) is 0 Å². The first-order chi connectivity index (χ1) is 5.67. The molecule has 1 aliphatic carbocycles. The van der Waals surface area contributed by atoms with Gasteiger partial charge in [-0.15, -0.1) is 0 Å². The number of sulfone groups is 1. The molecular weight excluding hydrogens is 172 g/mol. The molecule has 1 aliphatic rings. The molecule has 3 heteroatoms. The smallest absolute Gasteiger partial charge is 0.157 e. The van der Waals surface area contributed by atoms with Gasteiger partial charge in [-0.05, 0) is 19.3 Å². The molecular formula is C9H17O2S. The normalized spacial score (nSPS) is 18.1. The summed E-state index contributed by atoms with van der Waals surface area (Å²) in [5, 5.41) is 0.791. The fraction of sp³-hybridized carbons (Fsp3) is 0.889. The molecule has 0 aromatic heterocycles. The lowest BCUT2D eigenvalue weighted by molar-refractivity contribution is 0.593. The maximum Gasteiger partial charge on any atom is 0.157 e. The second kappa shape index (κ2) is 4.26. The Bertz CT molecular complexity index is 215. The highest BCUT2D eigenvalue weighted by atomic mass is 32.2. The monoisotopic (exact) mass is 189 g/mol. The first kappa shape index (κ1) is 10.0. The zero-order chi connectivity index (χ0) is 9.03. The van der Waals surface area contributed by atoms with Gasteiger partial charge in [0.05, 0.1) is 11.0 Å². The van der Waals surface area contributed by atoms with Crippen molar-refractivity contribution < 1.29 is 8.42 Å². The Morgan fingerprint density at radius 1 is 1.17 bits per heavy atom. The Hall–Kier alpha value is -0.0500. The fourth-order valence-corrected chi connectivity index (χ4v) is 2.82. The van der Waals surface area contributed by atoms with Crippen LogP contribution in [0, 0.1) is 5.25 Å². The molecule has 0 heterocycles. The highest BCUT2D eigenvalue weighted by Gasteiger charge is 2.35. The Morgan fingerprint density at radius 2 is 1.83 bits per heavy atom. The lowest BCUT2D eigenvalue weighted by Crippen LogP contribution is -2.06. The summed E-state index contributed by atoms with van der Waals surface area (Å²) in [5.74, 6) is 0.391. The molecule has 0 amide bonds. The summed E-state index contributed by atoms with van der Waals surface area (Å²) >= 11 is 0. The molecule has 0 N–H and O–H groups in total. The summed E-state index contributed by atoms with van der Waals surface area (Å²) in [6.07, 6.45) is 5.89. The van der Waals surface area contributed by atoms with Crippen LogP contribution in [0.1, 0.15) is 45.4 Å². The van der Waals surface area contributed by atoms with Crippen molar-refractivity contribution in [3.63, 3.8) is 0 Å². The van der Waals surface area contributed by atoms with Crippen LogP contribution in [-0.4, -0.2) is 14.2 Å². The van der Waals surface area contributed by atoms with Crippen molar-refractivity contribution in [1.82, 2.24) is 0 Å². The molecule has 12 heavy (non-hydrogen) atoms. The van der Waals surface area contributed by atoms with Crippen molar-refractivity contribution in [3.05, 3.63) is 5.25 Å². The van der Waals surface area contributed by atoms with E-state index in [4.69, 9.17) is 0 Å². The van der Waals surface area contributed by atoms with E-state index in [1.807, 2.05) is 0 Å². The third-order valence-electron chi connectivity index (χ3n) is 2.16. The van der Waals surface area contributed by atoms with Gasteiger partial charge in [-0.25, -0.2) is 8.42 Å². The molecule has 2 nitrogen and oxygen atoms in total. The molecule has 1 fully saturated rings. The predicted molar refractivity (Wildman–Crippen MR) is 50.4 cm³/mol. The molecule has 0 unspecified atom stereocenters. The predicted octanol–water partition coefficient (Wildman–Crippen LogP) is 2.31. The summed E-state index contributed by atoms with van der Waals surface area (Å²) in [5.41, 5.74) is 0.